The van der Waals surface area contributed by atoms with Gasteiger partial charge in [-0.3, -0.25) is 9.59 Å². The average molecular weight is 620 g/mol. The third-order valence-electron chi connectivity index (χ3n) is 8.54. The van der Waals surface area contributed by atoms with Gasteiger partial charge in [0.25, 0.3) is 5.91 Å². The molecule has 0 aromatic heterocycles. The summed E-state index contributed by atoms with van der Waals surface area (Å²) in [5.41, 5.74) is 3.61. The number of carboxylic acid groups (broad SMARTS) is 1. The number of nitrogens with zero attached hydrogens (tertiary/aromatic N) is 2. The van der Waals surface area contributed by atoms with Crippen molar-refractivity contribution in [2.24, 2.45) is 5.92 Å². The van der Waals surface area contributed by atoms with Crippen molar-refractivity contribution in [3.05, 3.63) is 94.0 Å². The quantitative estimate of drug-likeness (QED) is 0.217. The summed E-state index contributed by atoms with van der Waals surface area (Å²) in [6.45, 7) is 5.16. The number of aliphatic hydroxyl groups is 1. The molecule has 4 rings (SSSR count). The van der Waals surface area contributed by atoms with Crippen LogP contribution in [0.2, 0.25) is 5.02 Å². The van der Waals surface area contributed by atoms with Gasteiger partial charge >= 0.3 is 6.09 Å². The predicted octanol–water partition coefficient (Wildman–Crippen LogP) is 6.34. The van der Waals surface area contributed by atoms with Gasteiger partial charge in [0.2, 0.25) is 5.91 Å². The Labute approximate surface area is 264 Å². The second-order valence-corrected chi connectivity index (χ2v) is 12.1. The predicted molar refractivity (Wildman–Crippen MR) is 173 cm³/mol. The molecule has 2 atom stereocenters. The Kier molecular flexibility index (Phi) is 11.1. The minimum atomic E-state index is -1.31. The van der Waals surface area contributed by atoms with Crippen molar-refractivity contribution in [3.8, 4) is 11.1 Å². The maximum Gasteiger partial charge on any atom is 0.407 e. The van der Waals surface area contributed by atoms with Gasteiger partial charge < -0.3 is 25.3 Å². The Balaban J connectivity index is 1.65. The van der Waals surface area contributed by atoms with Crippen LogP contribution < -0.4 is 5.32 Å². The molecular weight excluding hydrogens is 578 g/mol. The monoisotopic (exact) mass is 619 g/mol. The Morgan fingerprint density at radius 3 is 2.48 bits per heavy atom. The fourth-order valence-corrected chi connectivity index (χ4v) is 6.42. The summed E-state index contributed by atoms with van der Waals surface area (Å²) in [4.78, 5) is 39.4. The molecule has 3 amide bonds. The van der Waals surface area contributed by atoms with Crippen molar-refractivity contribution in [2.75, 3.05) is 26.7 Å². The molecular formula is C35H42ClN3O5. The molecule has 1 saturated heterocycles. The lowest BCUT2D eigenvalue weighted by Crippen LogP contribution is -2.48. The lowest BCUT2D eigenvalue weighted by molar-refractivity contribution is -0.119. The first-order valence-electron chi connectivity index (χ1n) is 15.2. The summed E-state index contributed by atoms with van der Waals surface area (Å²) >= 11 is 6.86. The van der Waals surface area contributed by atoms with Gasteiger partial charge in [0.15, 0.2) is 0 Å². The molecule has 234 valence electrons. The highest BCUT2D eigenvalue weighted by molar-refractivity contribution is 6.33. The molecule has 1 heterocycles. The molecule has 1 fully saturated rings. The number of hydrogen-bond acceptors (Lipinski definition) is 4. The molecule has 0 spiro atoms. The number of hydrogen-bond donors (Lipinski definition) is 3. The van der Waals surface area contributed by atoms with E-state index in [1.807, 2.05) is 30.3 Å². The summed E-state index contributed by atoms with van der Waals surface area (Å²) in [7, 11) is 1.50. The van der Waals surface area contributed by atoms with Crippen LogP contribution in [0.25, 0.3) is 11.1 Å². The Morgan fingerprint density at radius 2 is 1.80 bits per heavy atom. The number of benzene rings is 3. The van der Waals surface area contributed by atoms with Crippen molar-refractivity contribution in [3.63, 3.8) is 0 Å². The molecule has 0 aliphatic carbocycles. The van der Waals surface area contributed by atoms with Crippen molar-refractivity contribution in [1.29, 1.82) is 0 Å². The average Bonchev–Trinajstić information content (AvgIpc) is 3.02. The van der Waals surface area contributed by atoms with Gasteiger partial charge in [0, 0.05) is 62.2 Å². The van der Waals surface area contributed by atoms with E-state index in [0.29, 0.717) is 43.1 Å². The number of halogens is 1. The third kappa shape index (κ3) is 7.79. The van der Waals surface area contributed by atoms with Crippen LogP contribution in [-0.4, -0.2) is 64.6 Å². The smallest absolute Gasteiger partial charge is 0.407 e. The van der Waals surface area contributed by atoms with E-state index < -0.39 is 11.7 Å². The maximum absolute atomic E-state index is 13.7. The lowest BCUT2D eigenvalue weighted by atomic mass is 9.72. The molecule has 0 bridgehead atoms. The van der Waals surface area contributed by atoms with E-state index in [2.05, 4.69) is 24.4 Å². The first-order chi connectivity index (χ1) is 21.0. The minimum Gasteiger partial charge on any atom is -0.465 e. The zero-order valence-corrected chi connectivity index (χ0v) is 26.4. The van der Waals surface area contributed by atoms with Gasteiger partial charge in [0.1, 0.15) is 0 Å². The molecule has 8 nitrogen and oxygen atoms in total. The van der Waals surface area contributed by atoms with E-state index in [-0.39, 0.29) is 24.3 Å². The summed E-state index contributed by atoms with van der Waals surface area (Å²) in [5, 5.41) is 25.3. The fraction of sp³-hybridized carbons (Fsp3) is 0.400. The SMILES string of the molecule is CCc1cccc(-c2c(Cl)cccc2[C@](O)(CCCNC(C)=O)[C@@H]2CCCN(C(=O)c3ccc(CN(C)C(=O)O)cc3)C2)c1. The van der Waals surface area contributed by atoms with E-state index in [9.17, 15) is 19.5 Å². The zero-order chi connectivity index (χ0) is 31.9. The standard InChI is InChI=1S/C35H42ClN3O5/c1-4-25-9-5-10-28(21-25)32-30(12-6-13-31(32)36)35(44,18-8-19-37-24(2)40)29-11-7-20-39(23-29)33(41)27-16-14-26(15-17-27)22-38(3)34(42)43/h5-6,9-10,12-17,21,29,44H,4,7-8,11,18-20,22-23H2,1-3H3,(H,37,40)(H,42,43)/t29-,35+/m1/s1. The first kappa shape index (κ1) is 33.0. The Morgan fingerprint density at radius 1 is 1.07 bits per heavy atom. The number of likely N-dealkylation sites (tertiary alicyclic amines) is 1. The molecule has 1 aliphatic rings. The Hall–Kier alpha value is -3.88. The molecule has 3 aromatic rings. The van der Waals surface area contributed by atoms with Crippen LogP contribution in [-0.2, 0) is 23.4 Å². The Bertz CT molecular complexity index is 1480. The van der Waals surface area contributed by atoms with Crippen LogP contribution in [0.15, 0.2) is 66.7 Å². The van der Waals surface area contributed by atoms with Crippen molar-refractivity contribution in [2.45, 2.75) is 58.1 Å². The number of carbonyl (C=O) groups excluding carboxylic acids is 2. The van der Waals surface area contributed by atoms with Gasteiger partial charge in [-0.2, -0.15) is 0 Å². The van der Waals surface area contributed by atoms with Gasteiger partial charge in [-0.15, -0.1) is 0 Å². The highest BCUT2D eigenvalue weighted by atomic mass is 35.5. The molecule has 3 N–H and O–H groups in total. The second-order valence-electron chi connectivity index (χ2n) is 11.7. The van der Waals surface area contributed by atoms with Crippen LogP contribution in [0.4, 0.5) is 4.79 Å². The van der Waals surface area contributed by atoms with E-state index in [0.717, 1.165) is 47.1 Å². The number of amides is 3. The molecule has 3 aromatic carbocycles. The number of rotatable bonds is 11. The maximum atomic E-state index is 13.7. The highest BCUT2D eigenvalue weighted by Crippen LogP contribution is 2.45. The molecule has 0 radical (unpaired) electrons. The van der Waals surface area contributed by atoms with E-state index >= 15 is 0 Å². The van der Waals surface area contributed by atoms with Crippen LogP contribution in [0.5, 0.6) is 0 Å². The van der Waals surface area contributed by atoms with Crippen molar-refractivity contribution < 1.29 is 24.6 Å². The highest BCUT2D eigenvalue weighted by Gasteiger charge is 2.43. The van der Waals surface area contributed by atoms with Crippen molar-refractivity contribution >= 4 is 29.5 Å². The minimum absolute atomic E-state index is 0.122. The largest absolute Gasteiger partial charge is 0.465 e. The zero-order valence-electron chi connectivity index (χ0n) is 25.7. The van der Waals surface area contributed by atoms with Crippen LogP contribution in [0.1, 0.15) is 66.6 Å². The summed E-state index contributed by atoms with van der Waals surface area (Å²) in [6, 6.07) is 20.8. The lowest BCUT2D eigenvalue weighted by Gasteiger charge is -2.44. The first-order valence-corrected chi connectivity index (χ1v) is 15.6. The molecule has 0 unspecified atom stereocenters. The van der Waals surface area contributed by atoms with Crippen LogP contribution in [0.3, 0.4) is 0 Å². The van der Waals surface area contributed by atoms with E-state index in [1.54, 1.807) is 29.2 Å². The van der Waals surface area contributed by atoms with Gasteiger partial charge in [-0.25, -0.2) is 4.79 Å². The second kappa shape index (κ2) is 14.7. The summed E-state index contributed by atoms with van der Waals surface area (Å²) < 4.78 is 0. The van der Waals surface area contributed by atoms with E-state index in [1.165, 1.54) is 18.9 Å². The van der Waals surface area contributed by atoms with Crippen LogP contribution >= 0.6 is 11.6 Å². The molecule has 0 saturated carbocycles. The fourth-order valence-electron chi connectivity index (χ4n) is 6.13. The summed E-state index contributed by atoms with van der Waals surface area (Å²) in [5.74, 6) is -0.522. The van der Waals surface area contributed by atoms with Gasteiger partial charge in [0.05, 0.1) is 5.60 Å². The number of aryl methyl sites for hydroxylation is 1. The molecule has 44 heavy (non-hydrogen) atoms. The van der Waals surface area contributed by atoms with Crippen molar-refractivity contribution in [1.82, 2.24) is 15.1 Å². The number of piperidine rings is 1. The van der Waals surface area contributed by atoms with E-state index in [4.69, 9.17) is 16.7 Å². The topological polar surface area (TPSA) is 110 Å². The number of carbonyl (C=O) groups is 3. The summed E-state index contributed by atoms with van der Waals surface area (Å²) in [6.07, 6.45) is 2.23. The molecule has 9 heteroatoms. The van der Waals surface area contributed by atoms with Gasteiger partial charge in [-0.1, -0.05) is 67.1 Å². The van der Waals surface area contributed by atoms with Gasteiger partial charge in [-0.05, 0) is 72.6 Å². The van der Waals surface area contributed by atoms with Crippen LogP contribution in [0, 0.1) is 5.92 Å². The third-order valence-corrected chi connectivity index (χ3v) is 8.86. The normalized spacial score (nSPS) is 16.2. The molecule has 1 aliphatic heterocycles. The number of nitrogens with one attached hydrogen (secondary N) is 1.